The number of hydrogen-bond donors (Lipinski definition) is 1. The average Bonchev–Trinajstić information content (AvgIpc) is 2.62. The maximum atomic E-state index is 12.3. The van der Waals surface area contributed by atoms with Gasteiger partial charge in [-0.15, -0.1) is 11.8 Å². The number of rotatable bonds is 8. The monoisotopic (exact) mass is 357 g/mol. The van der Waals surface area contributed by atoms with E-state index in [0.717, 1.165) is 11.3 Å². The Morgan fingerprint density at radius 2 is 1.88 bits per heavy atom. The minimum absolute atomic E-state index is 0.0876. The molecular weight excluding hydrogens is 334 g/mol. The van der Waals surface area contributed by atoms with Crippen molar-refractivity contribution in [3.63, 3.8) is 0 Å². The van der Waals surface area contributed by atoms with Crippen LogP contribution in [-0.4, -0.2) is 24.7 Å². The van der Waals surface area contributed by atoms with Gasteiger partial charge in [0.2, 0.25) is 5.91 Å². The minimum Gasteiger partial charge on any atom is -0.469 e. The number of benzene rings is 2. The first-order valence-electron chi connectivity index (χ1n) is 8.13. The molecule has 0 aromatic heterocycles. The second-order valence-electron chi connectivity index (χ2n) is 5.79. The summed E-state index contributed by atoms with van der Waals surface area (Å²) in [6.45, 7) is 2.05. The molecule has 0 aliphatic carbocycles. The van der Waals surface area contributed by atoms with E-state index in [4.69, 9.17) is 4.74 Å². The van der Waals surface area contributed by atoms with Gasteiger partial charge in [-0.05, 0) is 18.1 Å². The van der Waals surface area contributed by atoms with Crippen LogP contribution in [0.15, 0.2) is 54.6 Å². The van der Waals surface area contributed by atoms with Crippen LogP contribution in [0.2, 0.25) is 0 Å². The fourth-order valence-corrected chi connectivity index (χ4v) is 3.27. The van der Waals surface area contributed by atoms with Crippen LogP contribution in [0.4, 0.5) is 0 Å². The SMILES string of the molecule is COC(=O)CC(NC(=O)CSCc1cccc(C)c1)c1ccccc1. The summed E-state index contributed by atoms with van der Waals surface area (Å²) in [7, 11) is 1.35. The van der Waals surface area contributed by atoms with Crippen LogP contribution in [0.1, 0.15) is 29.2 Å². The topological polar surface area (TPSA) is 55.4 Å². The number of esters is 1. The van der Waals surface area contributed by atoms with Crippen LogP contribution in [0.3, 0.4) is 0 Å². The zero-order chi connectivity index (χ0) is 18.1. The molecule has 5 heteroatoms. The molecule has 0 saturated carbocycles. The van der Waals surface area contributed by atoms with E-state index in [-0.39, 0.29) is 24.3 Å². The van der Waals surface area contributed by atoms with E-state index in [9.17, 15) is 9.59 Å². The Labute approximate surface area is 153 Å². The molecule has 0 saturated heterocycles. The lowest BCUT2D eigenvalue weighted by Gasteiger charge is -2.18. The predicted molar refractivity (Wildman–Crippen MR) is 101 cm³/mol. The quantitative estimate of drug-likeness (QED) is 0.733. The molecule has 1 unspecified atom stereocenters. The van der Waals surface area contributed by atoms with Gasteiger partial charge < -0.3 is 10.1 Å². The van der Waals surface area contributed by atoms with Gasteiger partial charge in [0.15, 0.2) is 0 Å². The Hall–Kier alpha value is -2.27. The number of ether oxygens (including phenoxy) is 1. The lowest BCUT2D eigenvalue weighted by atomic mass is 10.0. The van der Waals surface area contributed by atoms with Gasteiger partial charge in [0.25, 0.3) is 0 Å². The van der Waals surface area contributed by atoms with Crippen molar-refractivity contribution in [1.82, 2.24) is 5.32 Å². The molecule has 0 aliphatic rings. The highest BCUT2D eigenvalue weighted by molar-refractivity contribution is 7.99. The van der Waals surface area contributed by atoms with E-state index >= 15 is 0 Å². The Kier molecular flexibility index (Phi) is 7.54. The number of hydrogen-bond acceptors (Lipinski definition) is 4. The summed E-state index contributed by atoms with van der Waals surface area (Å²) in [6, 6.07) is 17.3. The number of methoxy groups -OCH3 is 1. The maximum Gasteiger partial charge on any atom is 0.307 e. The van der Waals surface area contributed by atoms with Crippen LogP contribution in [0.25, 0.3) is 0 Å². The molecule has 0 bridgehead atoms. The number of nitrogens with one attached hydrogen (secondary N) is 1. The fraction of sp³-hybridized carbons (Fsp3) is 0.300. The molecule has 0 radical (unpaired) electrons. The Balaban J connectivity index is 1.89. The van der Waals surface area contributed by atoms with Crippen LogP contribution in [0.5, 0.6) is 0 Å². The van der Waals surface area contributed by atoms with Crippen LogP contribution in [-0.2, 0) is 20.1 Å². The van der Waals surface area contributed by atoms with E-state index in [1.54, 1.807) is 11.8 Å². The predicted octanol–water partition coefficient (Wildman–Crippen LogP) is 3.65. The van der Waals surface area contributed by atoms with Gasteiger partial charge in [-0.25, -0.2) is 0 Å². The second-order valence-corrected chi connectivity index (χ2v) is 6.78. The number of amides is 1. The molecule has 0 fully saturated rings. The molecule has 2 rings (SSSR count). The van der Waals surface area contributed by atoms with Crippen molar-refractivity contribution in [1.29, 1.82) is 0 Å². The first-order chi connectivity index (χ1) is 12.1. The standard InChI is InChI=1S/C20H23NO3S/c1-15-7-6-8-16(11-15)13-25-14-19(22)21-18(12-20(23)24-2)17-9-4-3-5-10-17/h3-11,18H,12-14H2,1-2H3,(H,21,22). The summed E-state index contributed by atoms with van der Waals surface area (Å²) < 4.78 is 4.74. The largest absolute Gasteiger partial charge is 0.469 e. The molecule has 2 aromatic carbocycles. The zero-order valence-electron chi connectivity index (χ0n) is 14.5. The number of carbonyl (C=O) groups excluding carboxylic acids is 2. The van der Waals surface area contributed by atoms with Crippen molar-refractivity contribution in [3.05, 3.63) is 71.3 Å². The molecule has 4 nitrogen and oxygen atoms in total. The summed E-state index contributed by atoms with van der Waals surface area (Å²) in [6.07, 6.45) is 0.120. The lowest BCUT2D eigenvalue weighted by Crippen LogP contribution is -2.31. The summed E-state index contributed by atoms with van der Waals surface area (Å²) >= 11 is 1.56. The summed E-state index contributed by atoms with van der Waals surface area (Å²) in [4.78, 5) is 23.9. The van der Waals surface area contributed by atoms with Gasteiger partial charge in [0, 0.05) is 5.75 Å². The third-order valence-corrected chi connectivity index (χ3v) is 4.72. The Morgan fingerprint density at radius 3 is 2.56 bits per heavy atom. The minimum atomic E-state index is -0.374. The van der Waals surface area contributed by atoms with Gasteiger partial charge in [0.1, 0.15) is 0 Å². The van der Waals surface area contributed by atoms with Crippen molar-refractivity contribution >= 4 is 23.6 Å². The molecule has 25 heavy (non-hydrogen) atoms. The number of aryl methyl sites for hydroxylation is 1. The summed E-state index contributed by atoms with van der Waals surface area (Å²) in [5.41, 5.74) is 3.31. The molecule has 1 N–H and O–H groups in total. The summed E-state index contributed by atoms with van der Waals surface area (Å²) in [5.74, 6) is 0.692. The highest BCUT2D eigenvalue weighted by atomic mass is 32.2. The first-order valence-corrected chi connectivity index (χ1v) is 9.28. The Bertz CT molecular complexity index is 703. The number of thioether (sulfide) groups is 1. The molecule has 2 aromatic rings. The molecular formula is C20H23NO3S. The lowest BCUT2D eigenvalue weighted by molar-refractivity contribution is -0.141. The third-order valence-electron chi connectivity index (χ3n) is 3.72. The van der Waals surface area contributed by atoms with E-state index in [0.29, 0.717) is 5.75 Å². The second kappa shape index (κ2) is 9.89. The smallest absolute Gasteiger partial charge is 0.307 e. The molecule has 0 aliphatic heterocycles. The van der Waals surface area contributed by atoms with Crippen molar-refractivity contribution < 1.29 is 14.3 Å². The van der Waals surface area contributed by atoms with Gasteiger partial charge >= 0.3 is 5.97 Å². The summed E-state index contributed by atoms with van der Waals surface area (Å²) in [5, 5.41) is 2.94. The fourth-order valence-electron chi connectivity index (χ4n) is 2.49. The molecule has 1 atom stereocenters. The van der Waals surface area contributed by atoms with Gasteiger partial charge in [-0.1, -0.05) is 60.2 Å². The Morgan fingerprint density at radius 1 is 1.12 bits per heavy atom. The molecule has 132 valence electrons. The first kappa shape index (κ1) is 19.1. The van der Waals surface area contributed by atoms with E-state index < -0.39 is 0 Å². The highest BCUT2D eigenvalue weighted by Crippen LogP contribution is 2.18. The van der Waals surface area contributed by atoms with Crippen LogP contribution in [0, 0.1) is 6.92 Å². The van der Waals surface area contributed by atoms with Crippen LogP contribution < -0.4 is 5.32 Å². The molecule has 1 amide bonds. The van der Waals surface area contributed by atoms with E-state index in [2.05, 4.69) is 30.4 Å². The number of carbonyl (C=O) groups is 2. The third kappa shape index (κ3) is 6.63. The van der Waals surface area contributed by atoms with Crippen molar-refractivity contribution in [2.75, 3.05) is 12.9 Å². The van der Waals surface area contributed by atoms with Crippen molar-refractivity contribution in [2.24, 2.45) is 0 Å². The average molecular weight is 357 g/mol. The van der Waals surface area contributed by atoms with E-state index in [1.165, 1.54) is 18.2 Å². The zero-order valence-corrected chi connectivity index (χ0v) is 15.3. The van der Waals surface area contributed by atoms with Crippen molar-refractivity contribution in [2.45, 2.75) is 25.1 Å². The van der Waals surface area contributed by atoms with Gasteiger partial charge in [-0.2, -0.15) is 0 Å². The molecule has 0 heterocycles. The van der Waals surface area contributed by atoms with E-state index in [1.807, 2.05) is 36.4 Å². The van der Waals surface area contributed by atoms with Gasteiger partial charge in [-0.3, -0.25) is 9.59 Å². The maximum absolute atomic E-state index is 12.3. The molecule has 0 spiro atoms. The highest BCUT2D eigenvalue weighted by Gasteiger charge is 2.18. The van der Waals surface area contributed by atoms with Crippen LogP contribution >= 0.6 is 11.8 Å². The van der Waals surface area contributed by atoms with Gasteiger partial charge in [0.05, 0.1) is 25.3 Å². The normalized spacial score (nSPS) is 11.6. The van der Waals surface area contributed by atoms with Crippen molar-refractivity contribution in [3.8, 4) is 0 Å².